The highest BCUT2D eigenvalue weighted by molar-refractivity contribution is 7.92. The number of carboxylic acid groups (broad SMARTS) is 1. The van der Waals surface area contributed by atoms with Gasteiger partial charge in [-0.2, -0.15) is 0 Å². The number of hydrogen-bond acceptors (Lipinski definition) is 5. The molecule has 0 unspecified atom stereocenters. The molecule has 2 rings (SSSR count). The van der Waals surface area contributed by atoms with Gasteiger partial charge in [0.1, 0.15) is 10.0 Å². The minimum Gasteiger partial charge on any atom is -0.478 e. The molecule has 0 radical (unpaired) electrons. The lowest BCUT2D eigenvalue weighted by Gasteiger charge is -2.10. The standard InChI is InChI=1S/C11H8ClN3O4S/c12-10-9(2-1-4-14-10)20(18,19)15-8-6-13-5-3-7(8)11(16)17/h1-6,15H,(H,16,17). The third kappa shape index (κ3) is 2.86. The number of pyridine rings is 2. The third-order valence-corrected chi connectivity index (χ3v) is 4.12. The van der Waals surface area contributed by atoms with E-state index < -0.39 is 16.0 Å². The molecular formula is C11H8ClN3O4S. The van der Waals surface area contributed by atoms with E-state index in [4.69, 9.17) is 16.7 Å². The fourth-order valence-corrected chi connectivity index (χ4v) is 2.95. The molecule has 2 aromatic heterocycles. The minimum absolute atomic E-state index is 0.153. The Bertz CT molecular complexity index is 764. The molecule has 0 atom stereocenters. The molecule has 2 aromatic rings. The van der Waals surface area contributed by atoms with Gasteiger partial charge in [-0.15, -0.1) is 0 Å². The summed E-state index contributed by atoms with van der Waals surface area (Å²) < 4.78 is 26.4. The maximum Gasteiger partial charge on any atom is 0.337 e. The normalized spacial score (nSPS) is 11.1. The molecule has 0 saturated heterocycles. The van der Waals surface area contributed by atoms with Gasteiger partial charge in [-0.3, -0.25) is 9.71 Å². The second-order valence-electron chi connectivity index (χ2n) is 3.62. The van der Waals surface area contributed by atoms with Gasteiger partial charge in [-0.25, -0.2) is 18.2 Å². The number of sulfonamides is 1. The zero-order valence-electron chi connectivity index (χ0n) is 9.82. The van der Waals surface area contributed by atoms with Crippen molar-refractivity contribution in [2.45, 2.75) is 4.90 Å². The number of hydrogen-bond donors (Lipinski definition) is 2. The maximum absolute atomic E-state index is 12.1. The summed E-state index contributed by atoms with van der Waals surface area (Å²) in [5, 5.41) is 8.78. The number of carbonyl (C=O) groups is 1. The predicted octanol–water partition coefficient (Wildman–Crippen LogP) is 1.63. The SMILES string of the molecule is O=C(O)c1ccncc1NS(=O)(=O)c1cccnc1Cl. The van der Waals surface area contributed by atoms with Crippen LogP contribution in [0.1, 0.15) is 10.4 Å². The second-order valence-corrected chi connectivity index (χ2v) is 5.63. The minimum atomic E-state index is -4.05. The Kier molecular flexibility index (Phi) is 3.86. The summed E-state index contributed by atoms with van der Waals surface area (Å²) in [6.45, 7) is 0. The van der Waals surface area contributed by atoms with Crippen molar-refractivity contribution >= 4 is 33.3 Å². The lowest BCUT2D eigenvalue weighted by Crippen LogP contribution is -2.16. The van der Waals surface area contributed by atoms with Gasteiger partial charge in [-0.1, -0.05) is 11.6 Å². The highest BCUT2D eigenvalue weighted by Crippen LogP contribution is 2.22. The number of halogens is 1. The van der Waals surface area contributed by atoms with Crippen molar-refractivity contribution in [3.63, 3.8) is 0 Å². The molecule has 0 aliphatic carbocycles. The largest absolute Gasteiger partial charge is 0.478 e. The van der Waals surface area contributed by atoms with E-state index in [1.165, 1.54) is 30.6 Å². The van der Waals surface area contributed by atoms with Gasteiger partial charge in [-0.05, 0) is 18.2 Å². The number of carboxylic acids is 1. The van der Waals surface area contributed by atoms with E-state index in [-0.39, 0.29) is 21.3 Å². The average molecular weight is 314 g/mol. The van der Waals surface area contributed by atoms with Crippen molar-refractivity contribution in [3.05, 3.63) is 47.5 Å². The van der Waals surface area contributed by atoms with Crippen LogP contribution < -0.4 is 4.72 Å². The van der Waals surface area contributed by atoms with Gasteiger partial charge in [0.25, 0.3) is 10.0 Å². The van der Waals surface area contributed by atoms with Crippen LogP contribution in [0, 0.1) is 0 Å². The van der Waals surface area contributed by atoms with E-state index in [0.29, 0.717) is 0 Å². The fourth-order valence-electron chi connectivity index (χ4n) is 1.43. The van der Waals surface area contributed by atoms with Crippen LogP contribution in [0.3, 0.4) is 0 Å². The van der Waals surface area contributed by atoms with Gasteiger partial charge in [0.15, 0.2) is 0 Å². The molecule has 9 heteroatoms. The molecule has 0 aliphatic heterocycles. The highest BCUT2D eigenvalue weighted by atomic mass is 35.5. The Balaban J connectivity index is 2.45. The highest BCUT2D eigenvalue weighted by Gasteiger charge is 2.21. The van der Waals surface area contributed by atoms with Crippen LogP contribution in [0.5, 0.6) is 0 Å². The lowest BCUT2D eigenvalue weighted by molar-refractivity contribution is 0.0698. The molecule has 2 heterocycles. The number of nitrogens with one attached hydrogen (secondary N) is 1. The molecule has 0 spiro atoms. The Morgan fingerprint density at radius 3 is 2.70 bits per heavy atom. The average Bonchev–Trinajstić information content (AvgIpc) is 2.39. The molecule has 20 heavy (non-hydrogen) atoms. The van der Waals surface area contributed by atoms with Crippen molar-refractivity contribution < 1.29 is 18.3 Å². The van der Waals surface area contributed by atoms with Crippen LogP contribution in [0.4, 0.5) is 5.69 Å². The molecule has 7 nitrogen and oxygen atoms in total. The molecule has 0 aromatic carbocycles. The molecule has 0 fully saturated rings. The third-order valence-electron chi connectivity index (χ3n) is 2.31. The van der Waals surface area contributed by atoms with Gasteiger partial charge < -0.3 is 5.11 Å². The van der Waals surface area contributed by atoms with Crippen LogP contribution in [-0.2, 0) is 10.0 Å². The summed E-state index contributed by atoms with van der Waals surface area (Å²) in [4.78, 5) is 18.1. The fraction of sp³-hybridized carbons (Fsp3) is 0. The van der Waals surface area contributed by atoms with Crippen LogP contribution >= 0.6 is 11.6 Å². The van der Waals surface area contributed by atoms with Crippen LogP contribution in [-0.4, -0.2) is 29.5 Å². The zero-order valence-corrected chi connectivity index (χ0v) is 11.4. The van der Waals surface area contributed by atoms with Crippen molar-refractivity contribution in [2.75, 3.05) is 4.72 Å². The van der Waals surface area contributed by atoms with E-state index in [1.807, 2.05) is 0 Å². The van der Waals surface area contributed by atoms with Gasteiger partial charge in [0, 0.05) is 12.4 Å². The van der Waals surface area contributed by atoms with E-state index in [1.54, 1.807) is 0 Å². The van der Waals surface area contributed by atoms with Crippen LogP contribution in [0.15, 0.2) is 41.7 Å². The van der Waals surface area contributed by atoms with E-state index in [0.717, 1.165) is 6.20 Å². The Morgan fingerprint density at radius 1 is 1.30 bits per heavy atom. The Hall–Kier alpha value is -2.19. The first kappa shape index (κ1) is 14.2. The zero-order chi connectivity index (χ0) is 14.8. The molecule has 0 aliphatic rings. The van der Waals surface area contributed by atoms with E-state index in [9.17, 15) is 13.2 Å². The summed E-state index contributed by atoms with van der Waals surface area (Å²) in [7, 11) is -4.05. The number of anilines is 1. The summed E-state index contributed by atoms with van der Waals surface area (Å²) >= 11 is 5.72. The maximum atomic E-state index is 12.1. The first-order valence-corrected chi connectivity index (χ1v) is 7.08. The first-order chi connectivity index (χ1) is 9.42. The van der Waals surface area contributed by atoms with E-state index in [2.05, 4.69) is 14.7 Å². The molecule has 0 amide bonds. The Morgan fingerprint density at radius 2 is 2.05 bits per heavy atom. The summed E-state index contributed by atoms with van der Waals surface area (Å²) in [6.07, 6.45) is 3.69. The number of aromatic nitrogens is 2. The summed E-state index contributed by atoms with van der Waals surface area (Å²) in [5.74, 6) is -1.28. The topological polar surface area (TPSA) is 109 Å². The lowest BCUT2D eigenvalue weighted by atomic mass is 10.2. The molecule has 104 valence electrons. The quantitative estimate of drug-likeness (QED) is 0.830. The smallest absolute Gasteiger partial charge is 0.337 e. The van der Waals surface area contributed by atoms with Crippen LogP contribution in [0.25, 0.3) is 0 Å². The number of nitrogens with zero attached hydrogens (tertiary/aromatic N) is 2. The van der Waals surface area contributed by atoms with Gasteiger partial charge in [0.2, 0.25) is 0 Å². The van der Waals surface area contributed by atoms with Crippen molar-refractivity contribution in [2.24, 2.45) is 0 Å². The summed E-state index contributed by atoms with van der Waals surface area (Å²) in [6, 6.07) is 3.85. The van der Waals surface area contributed by atoms with Crippen molar-refractivity contribution in [1.82, 2.24) is 9.97 Å². The Labute approximate surface area is 119 Å². The molecule has 0 saturated carbocycles. The van der Waals surface area contributed by atoms with Gasteiger partial charge >= 0.3 is 5.97 Å². The second kappa shape index (κ2) is 5.43. The number of rotatable bonds is 4. The predicted molar refractivity (Wildman–Crippen MR) is 71.3 cm³/mol. The summed E-state index contributed by atoms with van der Waals surface area (Å²) in [5.41, 5.74) is -0.372. The van der Waals surface area contributed by atoms with Crippen LogP contribution in [0.2, 0.25) is 5.15 Å². The van der Waals surface area contributed by atoms with Crippen molar-refractivity contribution in [1.29, 1.82) is 0 Å². The number of aromatic carboxylic acids is 1. The molecule has 0 bridgehead atoms. The first-order valence-electron chi connectivity index (χ1n) is 5.22. The molecule has 2 N–H and O–H groups in total. The van der Waals surface area contributed by atoms with Crippen molar-refractivity contribution in [3.8, 4) is 0 Å². The van der Waals surface area contributed by atoms with E-state index >= 15 is 0 Å². The monoisotopic (exact) mass is 313 g/mol. The molecular weight excluding hydrogens is 306 g/mol. The van der Waals surface area contributed by atoms with Gasteiger partial charge in [0.05, 0.1) is 17.4 Å².